The number of para-hydroxylation sites is 1. The Labute approximate surface area is 133 Å². The van der Waals surface area contributed by atoms with Crippen molar-refractivity contribution in [3.63, 3.8) is 0 Å². The average molecular weight is 296 g/mol. The molecule has 0 radical (unpaired) electrons. The molecule has 3 nitrogen and oxygen atoms in total. The Morgan fingerprint density at radius 2 is 1.61 bits per heavy atom. The predicted molar refractivity (Wildman–Crippen MR) is 91.1 cm³/mol. The van der Waals surface area contributed by atoms with E-state index in [-0.39, 0.29) is 5.75 Å². The first kappa shape index (κ1) is 13.3. The van der Waals surface area contributed by atoms with Crippen molar-refractivity contribution in [2.24, 2.45) is 0 Å². The van der Waals surface area contributed by atoms with E-state index >= 15 is 0 Å². The minimum atomic E-state index is 0.128. The maximum absolute atomic E-state index is 10.4. The van der Waals surface area contributed by atoms with Crippen molar-refractivity contribution < 1.29 is 5.11 Å². The number of aromatic hydroxyl groups is 1. The van der Waals surface area contributed by atoms with Crippen LogP contribution in [-0.4, -0.2) is 10.1 Å². The Morgan fingerprint density at radius 1 is 0.870 bits per heavy atom. The zero-order valence-corrected chi connectivity index (χ0v) is 12.2. The molecule has 0 unspecified atom stereocenters. The van der Waals surface area contributed by atoms with Crippen LogP contribution in [0.4, 0.5) is 0 Å². The van der Waals surface area contributed by atoms with Gasteiger partial charge in [-0.2, -0.15) is 5.26 Å². The van der Waals surface area contributed by atoms with E-state index in [4.69, 9.17) is 0 Å². The van der Waals surface area contributed by atoms with Gasteiger partial charge >= 0.3 is 0 Å². The van der Waals surface area contributed by atoms with E-state index < -0.39 is 0 Å². The Kier molecular flexibility index (Phi) is 2.96. The van der Waals surface area contributed by atoms with Crippen molar-refractivity contribution in [2.45, 2.75) is 0 Å². The molecule has 0 aliphatic carbocycles. The molecule has 0 aliphatic heterocycles. The van der Waals surface area contributed by atoms with Gasteiger partial charge in [-0.25, -0.2) is 4.98 Å². The molecule has 23 heavy (non-hydrogen) atoms. The lowest BCUT2D eigenvalue weighted by Crippen LogP contribution is -1.93. The maximum Gasteiger partial charge on any atom is 0.125 e. The number of hydrogen-bond donors (Lipinski definition) is 1. The van der Waals surface area contributed by atoms with Crippen molar-refractivity contribution in [3.05, 3.63) is 72.3 Å². The van der Waals surface area contributed by atoms with E-state index in [1.54, 1.807) is 6.07 Å². The van der Waals surface area contributed by atoms with E-state index in [0.29, 0.717) is 16.8 Å². The van der Waals surface area contributed by atoms with Crippen LogP contribution < -0.4 is 0 Å². The van der Waals surface area contributed by atoms with Crippen molar-refractivity contribution in [2.75, 3.05) is 0 Å². The molecule has 3 heteroatoms. The third kappa shape index (κ3) is 2.09. The molecule has 0 spiro atoms. The van der Waals surface area contributed by atoms with Gasteiger partial charge in [0.25, 0.3) is 0 Å². The number of fused-ring (bicyclic) bond motifs is 2. The first-order valence-corrected chi connectivity index (χ1v) is 7.29. The lowest BCUT2D eigenvalue weighted by atomic mass is 9.97. The summed E-state index contributed by atoms with van der Waals surface area (Å²) >= 11 is 0. The van der Waals surface area contributed by atoms with Gasteiger partial charge in [-0.15, -0.1) is 0 Å². The summed E-state index contributed by atoms with van der Waals surface area (Å²) in [5, 5.41) is 22.7. The second kappa shape index (κ2) is 5.11. The number of aromatic nitrogens is 1. The molecule has 0 amide bonds. The van der Waals surface area contributed by atoms with Gasteiger partial charge in [0.2, 0.25) is 0 Å². The minimum Gasteiger partial charge on any atom is -0.507 e. The van der Waals surface area contributed by atoms with Crippen molar-refractivity contribution in [1.82, 2.24) is 4.98 Å². The SMILES string of the molecule is N#Cc1cc2ccccc2nc1-c1c(O)ccc2ccccc12. The van der Waals surface area contributed by atoms with Crippen LogP contribution in [0.15, 0.2) is 66.7 Å². The number of benzene rings is 3. The summed E-state index contributed by atoms with van der Waals surface area (Å²) in [6.07, 6.45) is 0. The summed E-state index contributed by atoms with van der Waals surface area (Å²) in [4.78, 5) is 4.64. The molecule has 0 bridgehead atoms. The highest BCUT2D eigenvalue weighted by atomic mass is 16.3. The molecular formula is C20H12N2O. The van der Waals surface area contributed by atoms with Crippen LogP contribution in [-0.2, 0) is 0 Å². The van der Waals surface area contributed by atoms with E-state index in [9.17, 15) is 10.4 Å². The van der Waals surface area contributed by atoms with E-state index in [0.717, 1.165) is 21.7 Å². The molecule has 108 valence electrons. The van der Waals surface area contributed by atoms with Crippen LogP contribution in [0.2, 0.25) is 0 Å². The van der Waals surface area contributed by atoms with Crippen LogP contribution in [0, 0.1) is 11.3 Å². The highest BCUT2D eigenvalue weighted by Gasteiger charge is 2.15. The normalized spacial score (nSPS) is 10.7. The number of pyridine rings is 1. The topological polar surface area (TPSA) is 56.9 Å². The summed E-state index contributed by atoms with van der Waals surface area (Å²) in [6.45, 7) is 0. The van der Waals surface area contributed by atoms with E-state index in [2.05, 4.69) is 11.1 Å². The number of phenols is 1. The Bertz CT molecular complexity index is 1090. The summed E-state index contributed by atoms with van der Waals surface area (Å²) in [5.41, 5.74) is 2.37. The molecule has 4 rings (SSSR count). The smallest absolute Gasteiger partial charge is 0.125 e. The van der Waals surface area contributed by atoms with Gasteiger partial charge in [-0.05, 0) is 29.0 Å². The maximum atomic E-state index is 10.4. The standard InChI is InChI=1S/C20H12N2O/c21-12-15-11-14-6-2-4-8-17(14)22-20(15)19-16-7-3-1-5-13(16)9-10-18(19)23/h1-11,23H. The second-order valence-electron chi connectivity index (χ2n) is 5.37. The first-order chi connectivity index (χ1) is 11.3. The second-order valence-corrected chi connectivity index (χ2v) is 5.37. The molecule has 1 heterocycles. The van der Waals surface area contributed by atoms with Gasteiger partial charge < -0.3 is 5.11 Å². The molecule has 0 fully saturated rings. The molecule has 1 aromatic heterocycles. The molecule has 0 saturated heterocycles. The summed E-state index contributed by atoms with van der Waals surface area (Å²) in [7, 11) is 0. The molecular weight excluding hydrogens is 284 g/mol. The van der Waals surface area contributed by atoms with Crippen LogP contribution in [0.5, 0.6) is 5.75 Å². The first-order valence-electron chi connectivity index (χ1n) is 7.29. The zero-order valence-electron chi connectivity index (χ0n) is 12.2. The lowest BCUT2D eigenvalue weighted by Gasteiger charge is -2.11. The summed E-state index contributed by atoms with van der Waals surface area (Å²) in [6, 6.07) is 23.0. The van der Waals surface area contributed by atoms with Crippen LogP contribution in [0.1, 0.15) is 5.56 Å². The molecule has 0 saturated carbocycles. The van der Waals surface area contributed by atoms with Gasteiger partial charge in [0, 0.05) is 5.39 Å². The quantitative estimate of drug-likeness (QED) is 0.557. The van der Waals surface area contributed by atoms with Gasteiger partial charge in [0.1, 0.15) is 11.8 Å². The molecule has 4 aromatic rings. The fourth-order valence-electron chi connectivity index (χ4n) is 2.90. The third-order valence-corrected chi connectivity index (χ3v) is 3.99. The average Bonchev–Trinajstić information content (AvgIpc) is 2.60. The fraction of sp³-hybridized carbons (Fsp3) is 0. The zero-order chi connectivity index (χ0) is 15.8. The fourth-order valence-corrected chi connectivity index (χ4v) is 2.90. The van der Waals surface area contributed by atoms with Gasteiger partial charge in [0.15, 0.2) is 0 Å². The van der Waals surface area contributed by atoms with Crippen LogP contribution >= 0.6 is 0 Å². The van der Waals surface area contributed by atoms with E-state index in [1.807, 2.05) is 60.7 Å². The summed E-state index contributed by atoms with van der Waals surface area (Å²) in [5.74, 6) is 0.128. The Morgan fingerprint density at radius 3 is 2.43 bits per heavy atom. The minimum absolute atomic E-state index is 0.128. The molecule has 3 aromatic carbocycles. The van der Waals surface area contributed by atoms with Gasteiger partial charge in [-0.1, -0.05) is 48.5 Å². The van der Waals surface area contributed by atoms with Crippen molar-refractivity contribution in [3.8, 4) is 23.1 Å². The molecule has 1 N–H and O–H groups in total. The van der Waals surface area contributed by atoms with Gasteiger partial charge in [0.05, 0.1) is 22.3 Å². The van der Waals surface area contributed by atoms with E-state index in [1.165, 1.54) is 0 Å². The largest absolute Gasteiger partial charge is 0.507 e. The summed E-state index contributed by atoms with van der Waals surface area (Å²) < 4.78 is 0. The number of nitriles is 1. The third-order valence-electron chi connectivity index (χ3n) is 3.99. The Balaban J connectivity index is 2.14. The number of nitrogens with zero attached hydrogens (tertiary/aromatic N) is 2. The van der Waals surface area contributed by atoms with Crippen LogP contribution in [0.25, 0.3) is 32.9 Å². The number of hydrogen-bond acceptors (Lipinski definition) is 3. The van der Waals surface area contributed by atoms with Gasteiger partial charge in [-0.3, -0.25) is 0 Å². The monoisotopic (exact) mass is 296 g/mol. The highest BCUT2D eigenvalue weighted by molar-refractivity contribution is 6.01. The van der Waals surface area contributed by atoms with Crippen molar-refractivity contribution in [1.29, 1.82) is 5.26 Å². The number of rotatable bonds is 1. The Hall–Kier alpha value is -3.38. The lowest BCUT2D eigenvalue weighted by molar-refractivity contribution is 0.478. The molecule has 0 aliphatic rings. The highest BCUT2D eigenvalue weighted by Crippen LogP contribution is 2.37. The van der Waals surface area contributed by atoms with Crippen LogP contribution in [0.3, 0.4) is 0 Å². The number of phenolic OH excluding ortho intramolecular Hbond substituents is 1. The van der Waals surface area contributed by atoms with Crippen molar-refractivity contribution >= 4 is 21.7 Å². The molecule has 0 atom stereocenters. The predicted octanol–water partition coefficient (Wildman–Crippen LogP) is 4.63.